The first-order valence-electron chi connectivity index (χ1n) is 12.8. The van der Waals surface area contributed by atoms with Gasteiger partial charge in [-0.15, -0.1) is 11.8 Å². The van der Waals surface area contributed by atoms with Crippen molar-refractivity contribution in [2.24, 2.45) is 5.73 Å². The van der Waals surface area contributed by atoms with Crippen molar-refractivity contribution in [1.82, 2.24) is 0 Å². The Balaban J connectivity index is 1.61. The Labute approximate surface area is 227 Å². The second-order valence-electron chi connectivity index (χ2n) is 10.0. The maximum atomic E-state index is 13.7. The highest BCUT2D eigenvalue weighted by Gasteiger charge is 2.41. The van der Waals surface area contributed by atoms with Crippen molar-refractivity contribution in [3.05, 3.63) is 117 Å². The van der Waals surface area contributed by atoms with Crippen LogP contribution in [0.25, 0.3) is 0 Å². The molecule has 1 atom stereocenters. The fourth-order valence-corrected chi connectivity index (χ4v) is 6.42. The van der Waals surface area contributed by atoms with Gasteiger partial charge in [0.1, 0.15) is 11.6 Å². The number of rotatable bonds is 5. The van der Waals surface area contributed by atoms with Gasteiger partial charge in [0.05, 0.1) is 17.6 Å². The third-order valence-electron chi connectivity index (χ3n) is 7.45. The van der Waals surface area contributed by atoms with Crippen molar-refractivity contribution in [3.63, 3.8) is 0 Å². The Morgan fingerprint density at radius 2 is 1.74 bits per heavy atom. The molecule has 0 bridgehead atoms. The second-order valence-corrected chi connectivity index (χ2v) is 11.1. The monoisotopic (exact) mass is 523 g/mol. The number of benzene rings is 3. The molecule has 6 heteroatoms. The molecule has 1 unspecified atom stereocenters. The standard InChI is InChI=1S/C32H30FN3OS/c1-19-7-13-25(14-8-19)38-18-22-16-26(21(3)15-20(22)2)30-27(17-34)32(35)36(24-11-9-23(33)10-12-24)28-5-4-6-29(37)31(28)30/h7-16,30H,4-6,18,35H2,1-3H3. The van der Waals surface area contributed by atoms with Gasteiger partial charge in [-0.1, -0.05) is 29.8 Å². The molecule has 1 heterocycles. The summed E-state index contributed by atoms with van der Waals surface area (Å²) in [6.07, 6.45) is 1.81. The van der Waals surface area contributed by atoms with Crippen LogP contribution in [0, 0.1) is 37.9 Å². The number of ketones is 1. The van der Waals surface area contributed by atoms with E-state index in [-0.39, 0.29) is 11.6 Å². The van der Waals surface area contributed by atoms with Gasteiger partial charge in [0.2, 0.25) is 0 Å². The van der Waals surface area contributed by atoms with Crippen LogP contribution in [0.3, 0.4) is 0 Å². The molecule has 2 N–H and O–H groups in total. The summed E-state index contributed by atoms with van der Waals surface area (Å²) in [6.45, 7) is 6.21. The first-order chi connectivity index (χ1) is 18.3. The number of thioether (sulfide) groups is 1. The van der Waals surface area contributed by atoms with Crippen molar-refractivity contribution >= 4 is 23.2 Å². The second kappa shape index (κ2) is 10.5. The number of carbonyl (C=O) groups is 1. The summed E-state index contributed by atoms with van der Waals surface area (Å²) in [5.41, 5.74) is 14.7. The van der Waals surface area contributed by atoms with Gasteiger partial charge in [0.25, 0.3) is 0 Å². The molecule has 0 saturated carbocycles. The SMILES string of the molecule is Cc1ccc(SCc2cc(C3C(C#N)=C(N)N(c4ccc(F)cc4)C4=C3C(=O)CCC4)c(C)cc2C)cc1. The van der Waals surface area contributed by atoms with E-state index >= 15 is 0 Å². The molecule has 4 nitrogen and oxygen atoms in total. The Bertz CT molecular complexity index is 1510. The average molecular weight is 524 g/mol. The number of halogens is 1. The summed E-state index contributed by atoms with van der Waals surface area (Å²) in [5, 5.41) is 10.4. The summed E-state index contributed by atoms with van der Waals surface area (Å²) in [4.78, 5) is 16.5. The lowest BCUT2D eigenvalue weighted by molar-refractivity contribution is -0.116. The summed E-state index contributed by atoms with van der Waals surface area (Å²) >= 11 is 1.77. The highest BCUT2D eigenvalue weighted by Crippen LogP contribution is 2.47. The molecule has 0 spiro atoms. The van der Waals surface area contributed by atoms with Crippen LogP contribution >= 0.6 is 11.8 Å². The highest BCUT2D eigenvalue weighted by atomic mass is 32.2. The lowest BCUT2D eigenvalue weighted by atomic mass is 9.74. The third kappa shape index (κ3) is 4.75. The number of hydrogen-bond acceptors (Lipinski definition) is 5. The number of nitriles is 1. The van der Waals surface area contributed by atoms with E-state index in [1.165, 1.54) is 33.7 Å². The Hall–Kier alpha value is -3.82. The van der Waals surface area contributed by atoms with E-state index in [0.29, 0.717) is 41.9 Å². The molecule has 1 aliphatic heterocycles. The van der Waals surface area contributed by atoms with E-state index in [4.69, 9.17) is 5.73 Å². The smallest absolute Gasteiger partial charge is 0.161 e. The molecular formula is C32H30FN3OS. The lowest BCUT2D eigenvalue weighted by Gasteiger charge is -2.40. The van der Waals surface area contributed by atoms with E-state index in [9.17, 15) is 14.4 Å². The zero-order valence-corrected chi connectivity index (χ0v) is 22.7. The van der Waals surface area contributed by atoms with Gasteiger partial charge in [-0.25, -0.2) is 4.39 Å². The normalized spacial score (nSPS) is 17.5. The maximum Gasteiger partial charge on any atom is 0.161 e. The molecule has 0 radical (unpaired) electrons. The number of hydrogen-bond donors (Lipinski definition) is 1. The zero-order valence-electron chi connectivity index (χ0n) is 21.8. The lowest BCUT2D eigenvalue weighted by Crippen LogP contribution is -2.38. The zero-order chi connectivity index (χ0) is 27.0. The molecule has 0 saturated heterocycles. The molecule has 3 aromatic rings. The van der Waals surface area contributed by atoms with Crippen LogP contribution < -0.4 is 10.6 Å². The van der Waals surface area contributed by atoms with E-state index in [1.54, 1.807) is 28.8 Å². The molecule has 38 heavy (non-hydrogen) atoms. The van der Waals surface area contributed by atoms with E-state index in [2.05, 4.69) is 56.3 Å². The Morgan fingerprint density at radius 1 is 1.03 bits per heavy atom. The number of allylic oxidation sites excluding steroid dienone is 3. The molecular weight excluding hydrogens is 493 g/mol. The number of anilines is 1. The van der Waals surface area contributed by atoms with Crippen molar-refractivity contribution < 1.29 is 9.18 Å². The molecule has 0 aromatic heterocycles. The number of carbonyl (C=O) groups excluding carboxylic acids is 1. The molecule has 1 aliphatic carbocycles. The van der Waals surface area contributed by atoms with Gasteiger partial charge < -0.3 is 5.73 Å². The Kier molecular flexibility index (Phi) is 7.14. The fourth-order valence-electron chi connectivity index (χ4n) is 5.46. The molecule has 2 aliphatic rings. The van der Waals surface area contributed by atoms with E-state index in [0.717, 1.165) is 22.6 Å². The minimum absolute atomic E-state index is 0.0409. The van der Waals surface area contributed by atoms with Gasteiger partial charge in [-0.05, 0) is 92.3 Å². The average Bonchev–Trinajstić information content (AvgIpc) is 2.90. The van der Waals surface area contributed by atoms with Crippen LogP contribution in [0.2, 0.25) is 0 Å². The summed E-state index contributed by atoms with van der Waals surface area (Å²) < 4.78 is 13.7. The van der Waals surface area contributed by atoms with Crippen LogP contribution in [-0.2, 0) is 10.5 Å². The van der Waals surface area contributed by atoms with E-state index < -0.39 is 5.92 Å². The van der Waals surface area contributed by atoms with Crippen molar-refractivity contribution in [1.29, 1.82) is 5.26 Å². The molecule has 0 fully saturated rings. The van der Waals surface area contributed by atoms with Gasteiger partial charge >= 0.3 is 0 Å². The summed E-state index contributed by atoms with van der Waals surface area (Å²) in [5.74, 6) is 0.236. The maximum absolute atomic E-state index is 13.7. The van der Waals surface area contributed by atoms with Crippen LogP contribution in [0.15, 0.2) is 88.2 Å². The van der Waals surface area contributed by atoms with Crippen LogP contribution in [0.1, 0.15) is 53.0 Å². The predicted octanol–water partition coefficient (Wildman–Crippen LogP) is 7.35. The molecule has 3 aromatic carbocycles. The topological polar surface area (TPSA) is 70.1 Å². The molecule has 0 amide bonds. The van der Waals surface area contributed by atoms with Crippen molar-refractivity contribution in [2.45, 2.75) is 56.6 Å². The van der Waals surface area contributed by atoms with Crippen LogP contribution in [0.4, 0.5) is 10.1 Å². The Morgan fingerprint density at radius 3 is 2.42 bits per heavy atom. The van der Waals surface area contributed by atoms with Gasteiger partial charge in [-0.3, -0.25) is 9.69 Å². The number of nitrogens with two attached hydrogens (primary N) is 1. The quantitative estimate of drug-likeness (QED) is 0.354. The van der Waals surface area contributed by atoms with Gasteiger partial charge in [0.15, 0.2) is 5.78 Å². The van der Waals surface area contributed by atoms with Gasteiger partial charge in [-0.2, -0.15) is 5.26 Å². The minimum atomic E-state index is -0.525. The van der Waals surface area contributed by atoms with Crippen molar-refractivity contribution in [2.75, 3.05) is 4.90 Å². The van der Waals surface area contributed by atoms with Gasteiger partial charge in [0, 0.05) is 34.0 Å². The predicted molar refractivity (Wildman–Crippen MR) is 151 cm³/mol. The van der Waals surface area contributed by atoms with Crippen LogP contribution in [-0.4, -0.2) is 5.78 Å². The first-order valence-corrected chi connectivity index (χ1v) is 13.8. The number of Topliss-reactive ketones (excluding diaryl/α,β-unsaturated/α-hetero) is 1. The number of aryl methyl sites for hydroxylation is 3. The van der Waals surface area contributed by atoms with E-state index in [1.807, 2.05) is 6.92 Å². The fraction of sp³-hybridized carbons (Fsp3) is 0.250. The van der Waals surface area contributed by atoms with Crippen LogP contribution in [0.5, 0.6) is 0 Å². The third-order valence-corrected chi connectivity index (χ3v) is 8.51. The molecule has 192 valence electrons. The number of nitrogens with zero attached hydrogens (tertiary/aromatic N) is 2. The summed E-state index contributed by atoms with van der Waals surface area (Å²) in [6, 6.07) is 21.1. The van der Waals surface area contributed by atoms with Crippen molar-refractivity contribution in [3.8, 4) is 6.07 Å². The minimum Gasteiger partial charge on any atom is -0.384 e. The first kappa shape index (κ1) is 25.8. The largest absolute Gasteiger partial charge is 0.384 e. The highest BCUT2D eigenvalue weighted by molar-refractivity contribution is 7.98. The molecule has 5 rings (SSSR count). The summed E-state index contributed by atoms with van der Waals surface area (Å²) in [7, 11) is 0.